The van der Waals surface area contributed by atoms with Gasteiger partial charge in [-0.05, 0) is 42.7 Å². The van der Waals surface area contributed by atoms with Crippen LogP contribution in [0.25, 0.3) is 0 Å². The molecule has 0 saturated carbocycles. The van der Waals surface area contributed by atoms with Gasteiger partial charge in [0.25, 0.3) is 0 Å². The second kappa shape index (κ2) is 20.5. The van der Waals surface area contributed by atoms with Gasteiger partial charge >= 0.3 is 6.03 Å². The Morgan fingerprint density at radius 1 is 0.735 bits per heavy atom. The van der Waals surface area contributed by atoms with E-state index in [1.54, 1.807) is 62.4 Å². The molecule has 0 unspecified atom stereocenters. The zero-order chi connectivity index (χ0) is 36.3. The molecule has 6 amide bonds. The van der Waals surface area contributed by atoms with Gasteiger partial charge in [0.2, 0.25) is 23.6 Å². The lowest BCUT2D eigenvalue weighted by atomic mass is 10.0. The van der Waals surface area contributed by atoms with Gasteiger partial charge in [-0.1, -0.05) is 68.4 Å². The molecule has 0 spiro atoms. The number of nitrogens with one attached hydrogen (secondary N) is 6. The molecular weight excluding hydrogens is 630 g/mol. The van der Waals surface area contributed by atoms with Crippen molar-refractivity contribution in [1.82, 2.24) is 26.6 Å². The minimum atomic E-state index is -1.06. The van der Waals surface area contributed by atoms with Gasteiger partial charge in [0.1, 0.15) is 24.0 Å². The summed E-state index contributed by atoms with van der Waals surface area (Å²) in [6, 6.07) is 12.0. The molecule has 266 valence electrons. The Kier molecular flexibility index (Phi) is 16.6. The molecule has 14 N–H and O–H groups in total. The van der Waals surface area contributed by atoms with Crippen LogP contribution in [0.1, 0.15) is 56.2 Å². The zero-order valence-electron chi connectivity index (χ0n) is 28.0. The van der Waals surface area contributed by atoms with Crippen molar-refractivity contribution in [3.63, 3.8) is 0 Å². The Hall–Kier alpha value is -5.67. The van der Waals surface area contributed by atoms with Crippen molar-refractivity contribution in [2.24, 2.45) is 33.8 Å². The van der Waals surface area contributed by atoms with Gasteiger partial charge in [-0.15, -0.1) is 0 Å². The van der Waals surface area contributed by atoms with Gasteiger partial charge in [0.15, 0.2) is 5.96 Å². The number of primary amides is 1. The molecule has 0 aromatic heterocycles. The van der Waals surface area contributed by atoms with Gasteiger partial charge in [0.05, 0.1) is 6.42 Å². The number of carbonyl (C=O) groups is 5. The van der Waals surface area contributed by atoms with Gasteiger partial charge < -0.3 is 49.5 Å². The number of benzene rings is 2. The average molecular weight is 680 g/mol. The maximum Gasteiger partial charge on any atom is 0.312 e. The molecule has 16 heteroatoms. The van der Waals surface area contributed by atoms with Crippen molar-refractivity contribution in [2.45, 2.75) is 70.6 Å². The second-order valence-electron chi connectivity index (χ2n) is 11.8. The van der Waals surface area contributed by atoms with Gasteiger partial charge in [-0.25, -0.2) is 4.79 Å². The summed E-state index contributed by atoms with van der Waals surface area (Å²) in [6.07, 6.45) is 1.08. The van der Waals surface area contributed by atoms with Gasteiger partial charge in [-0.3, -0.25) is 29.6 Å². The van der Waals surface area contributed by atoms with E-state index in [-0.39, 0.29) is 50.7 Å². The molecular formula is C33H49N11O5. The first kappa shape index (κ1) is 39.5. The van der Waals surface area contributed by atoms with Crippen molar-refractivity contribution in [2.75, 3.05) is 13.1 Å². The Morgan fingerprint density at radius 3 is 1.96 bits per heavy atom. The highest BCUT2D eigenvalue weighted by Crippen LogP contribution is 2.09. The minimum absolute atomic E-state index is 0.0375. The van der Waals surface area contributed by atoms with Crippen LogP contribution >= 0.6 is 0 Å². The number of nitrogen functional groups attached to an aromatic ring is 1. The number of amidine groups is 1. The van der Waals surface area contributed by atoms with Gasteiger partial charge in [-0.2, -0.15) is 0 Å². The van der Waals surface area contributed by atoms with E-state index >= 15 is 0 Å². The SMILES string of the molecule is CC(C)[C@H](NC(=O)[C@H](CCCNC(N)=O)NC(=O)Cc1ccccc1)C(=O)N[C@@H](CCCN=C(N)N)C(=O)NCc1ccc(C(=N)N)cc1. The molecule has 2 aromatic carbocycles. The standard InChI is InChI=1S/C33H49N11O5/c1-20(2)27(44-30(47)25(11-7-17-40-33(38)49)42-26(45)18-21-8-4-3-5-9-21)31(48)43-24(10-6-16-39-32(36)37)29(46)41-19-22-12-14-23(15-13-22)28(34)35/h3-5,8-9,12-15,20,24-25,27H,6-7,10-11,16-19H2,1-2H3,(H3,34,35)(H,41,46)(H,42,45)(H,43,48)(H,44,47)(H4,36,37,39)(H3,38,40,49)/t24-,25-,27-/m0/s1. The molecule has 0 bridgehead atoms. The van der Waals surface area contributed by atoms with Crippen molar-refractivity contribution < 1.29 is 24.0 Å². The van der Waals surface area contributed by atoms with Crippen LogP contribution < -0.4 is 49.5 Å². The van der Waals surface area contributed by atoms with E-state index in [0.717, 1.165) is 11.1 Å². The maximum absolute atomic E-state index is 13.6. The Morgan fingerprint density at radius 2 is 1.37 bits per heavy atom. The summed E-state index contributed by atoms with van der Waals surface area (Å²) < 4.78 is 0. The number of carbonyl (C=O) groups excluding carboxylic acids is 5. The first-order valence-corrected chi connectivity index (χ1v) is 16.0. The molecule has 0 radical (unpaired) electrons. The van der Waals surface area contributed by atoms with E-state index in [2.05, 4.69) is 31.6 Å². The van der Waals surface area contributed by atoms with Crippen molar-refractivity contribution in [3.05, 3.63) is 71.3 Å². The first-order chi connectivity index (χ1) is 23.3. The fourth-order valence-corrected chi connectivity index (χ4v) is 4.75. The number of nitrogens with two attached hydrogens (primary N) is 4. The van der Waals surface area contributed by atoms with E-state index in [0.29, 0.717) is 18.4 Å². The summed E-state index contributed by atoms with van der Waals surface area (Å²) in [7, 11) is 0. The number of aliphatic imine (C=N–C) groups is 1. The molecule has 0 saturated heterocycles. The number of guanidine groups is 1. The molecule has 16 nitrogen and oxygen atoms in total. The third kappa shape index (κ3) is 15.2. The summed E-state index contributed by atoms with van der Waals surface area (Å²) in [5.41, 5.74) is 23.6. The predicted molar refractivity (Wildman–Crippen MR) is 187 cm³/mol. The monoisotopic (exact) mass is 679 g/mol. The lowest BCUT2D eigenvalue weighted by Crippen LogP contribution is -2.58. The van der Waals surface area contributed by atoms with Crippen LogP contribution in [0, 0.1) is 11.3 Å². The third-order valence-electron chi connectivity index (χ3n) is 7.38. The Labute approximate surface area is 286 Å². The van der Waals surface area contributed by atoms with Crippen LogP contribution in [0.5, 0.6) is 0 Å². The van der Waals surface area contributed by atoms with Gasteiger partial charge in [0, 0.05) is 25.2 Å². The number of hydrogen-bond acceptors (Lipinski definition) is 7. The fourth-order valence-electron chi connectivity index (χ4n) is 4.75. The number of amides is 6. The van der Waals surface area contributed by atoms with E-state index in [9.17, 15) is 24.0 Å². The second-order valence-corrected chi connectivity index (χ2v) is 11.8. The predicted octanol–water partition coefficient (Wildman–Crippen LogP) is -0.558. The molecule has 0 aliphatic rings. The van der Waals surface area contributed by atoms with E-state index in [4.69, 9.17) is 28.3 Å². The minimum Gasteiger partial charge on any atom is -0.384 e. The molecule has 0 fully saturated rings. The first-order valence-electron chi connectivity index (χ1n) is 16.0. The summed E-state index contributed by atoms with van der Waals surface area (Å²) >= 11 is 0. The van der Waals surface area contributed by atoms with Crippen molar-refractivity contribution in [3.8, 4) is 0 Å². The summed E-state index contributed by atoms with van der Waals surface area (Å²) in [4.78, 5) is 68.4. The van der Waals surface area contributed by atoms with Crippen LogP contribution in [-0.2, 0) is 32.1 Å². The average Bonchev–Trinajstić information content (AvgIpc) is 3.05. The number of hydrogen-bond donors (Lipinski definition) is 10. The number of rotatable bonds is 20. The molecule has 0 aliphatic carbocycles. The summed E-state index contributed by atoms with van der Waals surface area (Å²) in [5, 5.41) is 21.0. The molecule has 3 atom stereocenters. The van der Waals surface area contributed by atoms with Crippen LogP contribution in [-0.4, -0.2) is 72.7 Å². The maximum atomic E-state index is 13.6. The summed E-state index contributed by atoms with van der Waals surface area (Å²) in [5.74, 6) is -2.63. The van der Waals surface area contributed by atoms with Crippen molar-refractivity contribution in [1.29, 1.82) is 5.41 Å². The lowest BCUT2D eigenvalue weighted by Gasteiger charge is -2.27. The highest BCUT2D eigenvalue weighted by molar-refractivity contribution is 5.95. The van der Waals surface area contributed by atoms with Crippen LogP contribution in [0.4, 0.5) is 4.79 Å². The normalized spacial score (nSPS) is 12.5. The lowest BCUT2D eigenvalue weighted by molar-refractivity contribution is -0.134. The molecule has 0 aliphatic heterocycles. The van der Waals surface area contributed by atoms with E-state index < -0.39 is 53.7 Å². The smallest absolute Gasteiger partial charge is 0.312 e. The Balaban J connectivity index is 2.16. The van der Waals surface area contributed by atoms with Crippen LogP contribution in [0.15, 0.2) is 59.6 Å². The highest BCUT2D eigenvalue weighted by Gasteiger charge is 2.31. The number of urea groups is 1. The zero-order valence-corrected chi connectivity index (χ0v) is 28.0. The van der Waals surface area contributed by atoms with Crippen LogP contribution in [0.2, 0.25) is 0 Å². The largest absolute Gasteiger partial charge is 0.384 e. The quantitative estimate of drug-likeness (QED) is 0.0491. The molecule has 2 aromatic rings. The fraction of sp³-hybridized carbons (Fsp3) is 0.424. The third-order valence-corrected chi connectivity index (χ3v) is 7.38. The van der Waals surface area contributed by atoms with Crippen LogP contribution in [0.3, 0.4) is 0 Å². The van der Waals surface area contributed by atoms with E-state index in [1.807, 2.05) is 6.07 Å². The molecule has 2 rings (SSSR count). The molecule has 0 heterocycles. The number of nitrogens with zero attached hydrogens (tertiary/aromatic N) is 1. The summed E-state index contributed by atoms with van der Waals surface area (Å²) in [6.45, 7) is 4.04. The topological polar surface area (TPSA) is 286 Å². The van der Waals surface area contributed by atoms with E-state index in [1.165, 1.54) is 0 Å². The molecule has 49 heavy (non-hydrogen) atoms. The highest BCUT2D eigenvalue weighted by atomic mass is 16.2. The van der Waals surface area contributed by atoms with Crippen molar-refractivity contribution >= 4 is 41.5 Å². The Bertz CT molecular complexity index is 1440.